The van der Waals surface area contributed by atoms with E-state index in [0.717, 1.165) is 148 Å². The highest BCUT2D eigenvalue weighted by molar-refractivity contribution is 5.71. The van der Waals surface area contributed by atoms with E-state index in [9.17, 15) is 14.4 Å². The zero-order valence-electron chi connectivity index (χ0n) is 48.0. The van der Waals surface area contributed by atoms with Crippen LogP contribution in [0.2, 0.25) is 0 Å². The Bertz CT molecular complexity index is 1710. The lowest BCUT2D eigenvalue weighted by molar-refractivity contribution is -0.167. The van der Waals surface area contributed by atoms with E-state index in [-0.39, 0.29) is 37.5 Å². The van der Waals surface area contributed by atoms with Crippen molar-refractivity contribution < 1.29 is 28.6 Å². The van der Waals surface area contributed by atoms with Gasteiger partial charge in [0.05, 0.1) is 0 Å². The lowest BCUT2D eigenvalue weighted by atomic mass is 10.1. The van der Waals surface area contributed by atoms with Crippen molar-refractivity contribution in [2.75, 3.05) is 13.2 Å². The Kier molecular flexibility index (Phi) is 57.5. The van der Waals surface area contributed by atoms with Crippen LogP contribution in [0.5, 0.6) is 0 Å². The average Bonchev–Trinajstić information content (AvgIpc) is 3.41. The molecule has 0 amide bonds. The van der Waals surface area contributed by atoms with E-state index < -0.39 is 6.10 Å². The van der Waals surface area contributed by atoms with Crippen LogP contribution in [0.4, 0.5) is 0 Å². The number of carbonyl (C=O) groups is 3. The first-order chi connectivity index (χ1) is 37.0. The summed E-state index contributed by atoms with van der Waals surface area (Å²) in [6.45, 7) is 6.23. The van der Waals surface area contributed by atoms with Gasteiger partial charge >= 0.3 is 17.9 Å². The zero-order chi connectivity index (χ0) is 54.3. The van der Waals surface area contributed by atoms with Gasteiger partial charge in [0.2, 0.25) is 0 Å². The Morgan fingerprint density at radius 2 is 0.493 bits per heavy atom. The van der Waals surface area contributed by atoms with Gasteiger partial charge in [-0.25, -0.2) is 0 Å². The van der Waals surface area contributed by atoms with Crippen molar-refractivity contribution in [3.8, 4) is 0 Å². The predicted molar refractivity (Wildman–Crippen MR) is 325 cm³/mol. The van der Waals surface area contributed by atoms with E-state index in [4.69, 9.17) is 14.2 Å². The number of ether oxygens (including phenoxy) is 3. The molecule has 0 radical (unpaired) electrons. The summed E-state index contributed by atoms with van der Waals surface area (Å²) in [6.07, 6.45) is 89.5. The first-order valence-electron chi connectivity index (χ1n) is 30.0. The molecule has 0 heterocycles. The van der Waals surface area contributed by atoms with Gasteiger partial charge in [-0.3, -0.25) is 14.4 Å². The highest BCUT2D eigenvalue weighted by atomic mass is 16.6. The van der Waals surface area contributed by atoms with Gasteiger partial charge in [-0.15, -0.1) is 0 Å². The van der Waals surface area contributed by atoms with Gasteiger partial charge in [-0.2, -0.15) is 0 Å². The maximum Gasteiger partial charge on any atom is 0.306 e. The van der Waals surface area contributed by atoms with Crippen molar-refractivity contribution >= 4 is 17.9 Å². The molecular weight excluding hydrogens is 925 g/mol. The Balaban J connectivity index is 4.54. The van der Waals surface area contributed by atoms with E-state index in [1.54, 1.807) is 0 Å². The summed E-state index contributed by atoms with van der Waals surface area (Å²) in [7, 11) is 0. The molecule has 0 bridgehead atoms. The molecule has 75 heavy (non-hydrogen) atoms. The van der Waals surface area contributed by atoms with Crippen LogP contribution in [-0.4, -0.2) is 37.2 Å². The van der Waals surface area contributed by atoms with Gasteiger partial charge in [0.25, 0.3) is 0 Å². The smallest absolute Gasteiger partial charge is 0.306 e. The molecule has 0 rings (SSSR count). The van der Waals surface area contributed by atoms with Crippen LogP contribution in [0.15, 0.2) is 158 Å². The normalized spacial score (nSPS) is 13.3. The number of allylic oxidation sites excluding steroid dienone is 26. The zero-order valence-corrected chi connectivity index (χ0v) is 48.0. The summed E-state index contributed by atoms with van der Waals surface area (Å²) in [5.41, 5.74) is 0. The van der Waals surface area contributed by atoms with Gasteiger partial charge in [0, 0.05) is 19.3 Å². The maximum atomic E-state index is 12.9. The standard InChI is InChI=1S/C69H108O6/c1-4-7-10-13-16-19-22-25-28-31-32-33-34-35-36-39-41-44-47-50-53-56-59-62-68(71)74-65-66(75-69(72)63-60-57-54-51-48-45-42-38-30-27-24-21-18-15-12-9-6-3)64-73-67(70)61-58-55-52-49-46-43-40-37-29-26-23-20-17-14-11-8-5-2/h7-12,16-21,25-30,32-33,35-36,41,44,50,53,66H,4-6,13-15,22-24,31,34,37-40,42-43,45-49,51-52,54-65H2,1-3H3/b10-7-,11-8-,12-9-,19-16-,20-17-,21-18-,28-25-,29-26-,30-27-,33-32-,36-35-,44-41-,53-50-. The van der Waals surface area contributed by atoms with Gasteiger partial charge in [0.15, 0.2) is 6.10 Å². The first kappa shape index (κ1) is 70.0. The van der Waals surface area contributed by atoms with E-state index in [2.05, 4.69) is 179 Å². The third kappa shape index (κ3) is 59.8. The molecule has 0 aromatic rings. The lowest BCUT2D eigenvalue weighted by Gasteiger charge is -2.18. The maximum absolute atomic E-state index is 12.9. The second-order valence-corrected chi connectivity index (χ2v) is 19.1. The van der Waals surface area contributed by atoms with Crippen LogP contribution in [0.3, 0.4) is 0 Å². The molecule has 1 unspecified atom stereocenters. The molecule has 0 saturated heterocycles. The number of hydrogen-bond donors (Lipinski definition) is 0. The van der Waals surface area contributed by atoms with Crippen molar-refractivity contribution in [2.24, 2.45) is 0 Å². The monoisotopic (exact) mass is 1030 g/mol. The molecule has 420 valence electrons. The lowest BCUT2D eigenvalue weighted by Crippen LogP contribution is -2.30. The number of unbranched alkanes of at least 4 members (excludes halogenated alkanes) is 15. The molecule has 0 aromatic heterocycles. The molecule has 0 aliphatic rings. The Hall–Kier alpha value is -4.97. The number of rotatable bonds is 52. The van der Waals surface area contributed by atoms with Crippen LogP contribution in [-0.2, 0) is 28.6 Å². The van der Waals surface area contributed by atoms with Crippen molar-refractivity contribution in [3.63, 3.8) is 0 Å². The summed E-state index contributed by atoms with van der Waals surface area (Å²) in [5.74, 6) is -0.999. The molecular formula is C69H108O6. The molecule has 0 aliphatic carbocycles. The fourth-order valence-electron chi connectivity index (χ4n) is 7.64. The van der Waals surface area contributed by atoms with Crippen LogP contribution in [0.25, 0.3) is 0 Å². The second-order valence-electron chi connectivity index (χ2n) is 19.1. The van der Waals surface area contributed by atoms with Crippen molar-refractivity contribution in [2.45, 2.75) is 245 Å². The quantitative estimate of drug-likeness (QED) is 0.0261. The summed E-state index contributed by atoms with van der Waals surface area (Å²) >= 11 is 0. The third-order valence-corrected chi connectivity index (χ3v) is 12.0. The summed E-state index contributed by atoms with van der Waals surface area (Å²) < 4.78 is 16.8. The van der Waals surface area contributed by atoms with Crippen LogP contribution in [0.1, 0.15) is 239 Å². The molecule has 0 aliphatic heterocycles. The second kappa shape index (κ2) is 61.6. The highest BCUT2D eigenvalue weighted by Gasteiger charge is 2.19. The SMILES string of the molecule is CC/C=C\C/C=C\C/C=C\C/C=C\C/C=C\C/C=C\C/C=C\CCCC(=O)OCC(COC(=O)CCCCCCCCC/C=C\C/C=C\C/C=C\CC)OC(=O)CCCCCCCCC/C=C\C/C=C\C/C=C\CC. The predicted octanol–water partition coefficient (Wildman–Crippen LogP) is 20.5. The molecule has 0 aromatic carbocycles. The Morgan fingerprint density at radius 1 is 0.267 bits per heavy atom. The van der Waals surface area contributed by atoms with Crippen LogP contribution in [0, 0.1) is 0 Å². The Morgan fingerprint density at radius 3 is 0.800 bits per heavy atom. The topological polar surface area (TPSA) is 78.9 Å². The molecule has 0 saturated carbocycles. The molecule has 6 nitrogen and oxygen atoms in total. The number of esters is 3. The van der Waals surface area contributed by atoms with Crippen LogP contribution >= 0.6 is 0 Å². The highest BCUT2D eigenvalue weighted by Crippen LogP contribution is 2.14. The van der Waals surface area contributed by atoms with Gasteiger partial charge in [0.1, 0.15) is 13.2 Å². The van der Waals surface area contributed by atoms with Crippen molar-refractivity contribution in [3.05, 3.63) is 158 Å². The minimum atomic E-state index is -0.820. The van der Waals surface area contributed by atoms with Gasteiger partial charge in [-0.05, 0) is 135 Å². The van der Waals surface area contributed by atoms with Gasteiger partial charge < -0.3 is 14.2 Å². The molecule has 0 fully saturated rings. The molecule has 0 spiro atoms. The van der Waals surface area contributed by atoms with Crippen molar-refractivity contribution in [1.82, 2.24) is 0 Å². The van der Waals surface area contributed by atoms with Crippen LogP contribution < -0.4 is 0 Å². The number of hydrogen-bond acceptors (Lipinski definition) is 6. The van der Waals surface area contributed by atoms with E-state index in [1.165, 1.54) is 44.9 Å². The molecule has 1 atom stereocenters. The summed E-state index contributed by atoms with van der Waals surface area (Å²) in [6, 6.07) is 0. The molecule has 6 heteroatoms. The van der Waals surface area contributed by atoms with Gasteiger partial charge in [-0.1, -0.05) is 243 Å². The van der Waals surface area contributed by atoms with E-state index >= 15 is 0 Å². The summed E-state index contributed by atoms with van der Waals surface area (Å²) in [4.78, 5) is 38.3. The third-order valence-electron chi connectivity index (χ3n) is 12.0. The first-order valence-corrected chi connectivity index (χ1v) is 30.0. The molecule has 0 N–H and O–H groups in total. The fraction of sp³-hybridized carbons (Fsp3) is 0.580. The number of carbonyl (C=O) groups excluding carboxylic acids is 3. The fourth-order valence-corrected chi connectivity index (χ4v) is 7.64. The largest absolute Gasteiger partial charge is 0.462 e. The van der Waals surface area contributed by atoms with Crippen molar-refractivity contribution in [1.29, 1.82) is 0 Å². The minimum Gasteiger partial charge on any atom is -0.462 e. The minimum absolute atomic E-state index is 0.112. The van der Waals surface area contributed by atoms with E-state index in [0.29, 0.717) is 19.3 Å². The Labute approximate surface area is 460 Å². The average molecular weight is 1030 g/mol. The van der Waals surface area contributed by atoms with E-state index in [1.807, 2.05) is 0 Å². The summed E-state index contributed by atoms with van der Waals surface area (Å²) in [5, 5.41) is 0.